The Morgan fingerprint density at radius 1 is 1.59 bits per heavy atom. The van der Waals surface area contributed by atoms with E-state index in [1.807, 2.05) is 6.07 Å². The first kappa shape index (κ1) is 12.2. The van der Waals surface area contributed by atoms with Crippen molar-refractivity contribution in [2.24, 2.45) is 5.73 Å². The van der Waals surface area contributed by atoms with Crippen molar-refractivity contribution in [3.05, 3.63) is 28.8 Å². The van der Waals surface area contributed by atoms with Gasteiger partial charge in [0.1, 0.15) is 5.84 Å². The zero-order valence-electron chi connectivity index (χ0n) is 9.74. The highest BCUT2D eigenvalue weighted by molar-refractivity contribution is 6.31. The van der Waals surface area contributed by atoms with Gasteiger partial charge in [-0.3, -0.25) is 5.41 Å². The van der Waals surface area contributed by atoms with Gasteiger partial charge in [-0.05, 0) is 24.6 Å². The number of nitrogens with zero attached hydrogens (tertiary/aromatic N) is 1. The fourth-order valence-electron chi connectivity index (χ4n) is 2.13. The third-order valence-electron chi connectivity index (χ3n) is 3.07. The van der Waals surface area contributed by atoms with Crippen LogP contribution in [0.2, 0.25) is 5.02 Å². The second-order valence-corrected chi connectivity index (χ2v) is 4.60. The number of rotatable bonds is 3. The van der Waals surface area contributed by atoms with Crippen molar-refractivity contribution in [2.75, 3.05) is 25.1 Å². The van der Waals surface area contributed by atoms with Gasteiger partial charge in [0.15, 0.2) is 0 Å². The Morgan fingerprint density at radius 2 is 2.35 bits per heavy atom. The summed E-state index contributed by atoms with van der Waals surface area (Å²) in [6.07, 6.45) is 1.23. The molecule has 1 aliphatic rings. The highest BCUT2D eigenvalue weighted by Gasteiger charge is 2.24. The van der Waals surface area contributed by atoms with Gasteiger partial charge in [-0.2, -0.15) is 0 Å². The van der Waals surface area contributed by atoms with Crippen LogP contribution in [0.3, 0.4) is 0 Å². The molecule has 0 aliphatic carbocycles. The molecule has 1 fully saturated rings. The van der Waals surface area contributed by atoms with E-state index >= 15 is 0 Å². The summed E-state index contributed by atoms with van der Waals surface area (Å²) in [6.45, 7) is 1.72. The Kier molecular flexibility index (Phi) is 3.54. The first-order valence-corrected chi connectivity index (χ1v) is 5.91. The molecule has 1 aromatic carbocycles. The molecular weight excluding hydrogens is 238 g/mol. The number of ether oxygens (including phenoxy) is 1. The second-order valence-electron chi connectivity index (χ2n) is 4.17. The van der Waals surface area contributed by atoms with E-state index in [1.54, 1.807) is 19.2 Å². The van der Waals surface area contributed by atoms with E-state index in [4.69, 9.17) is 27.5 Å². The summed E-state index contributed by atoms with van der Waals surface area (Å²) < 4.78 is 5.33. The van der Waals surface area contributed by atoms with E-state index in [0.29, 0.717) is 5.02 Å². The van der Waals surface area contributed by atoms with Crippen molar-refractivity contribution in [3.8, 4) is 0 Å². The minimum Gasteiger partial charge on any atom is -0.384 e. The molecule has 0 bridgehead atoms. The number of halogens is 1. The smallest absolute Gasteiger partial charge is 0.124 e. The highest BCUT2D eigenvalue weighted by Crippen LogP contribution is 2.28. The van der Waals surface area contributed by atoms with Gasteiger partial charge in [-0.25, -0.2) is 0 Å². The average molecular weight is 254 g/mol. The fourth-order valence-corrected chi connectivity index (χ4v) is 2.30. The van der Waals surface area contributed by atoms with Crippen LogP contribution in [-0.4, -0.2) is 32.1 Å². The lowest BCUT2D eigenvalue weighted by atomic mass is 10.1. The lowest BCUT2D eigenvalue weighted by Crippen LogP contribution is -2.25. The number of benzene rings is 1. The normalized spacial score (nSPS) is 19.6. The summed E-state index contributed by atoms with van der Waals surface area (Å²) in [5.74, 6) is 0.0672. The first-order chi connectivity index (χ1) is 8.11. The molecule has 5 heteroatoms. The number of hydrogen-bond donors (Lipinski definition) is 2. The number of anilines is 1. The average Bonchev–Trinajstić information content (AvgIpc) is 2.76. The van der Waals surface area contributed by atoms with Crippen molar-refractivity contribution in [3.63, 3.8) is 0 Å². The predicted molar refractivity (Wildman–Crippen MR) is 70.1 cm³/mol. The second kappa shape index (κ2) is 4.94. The topological polar surface area (TPSA) is 62.3 Å². The van der Waals surface area contributed by atoms with E-state index in [0.717, 1.165) is 30.8 Å². The third-order valence-corrected chi connectivity index (χ3v) is 3.30. The van der Waals surface area contributed by atoms with Gasteiger partial charge < -0.3 is 15.4 Å². The molecule has 1 saturated heterocycles. The molecule has 0 spiro atoms. The Balaban J connectivity index is 2.31. The van der Waals surface area contributed by atoms with Crippen molar-refractivity contribution >= 4 is 23.1 Å². The molecule has 0 saturated carbocycles. The van der Waals surface area contributed by atoms with Crippen molar-refractivity contribution < 1.29 is 4.74 Å². The first-order valence-electron chi connectivity index (χ1n) is 5.53. The van der Waals surface area contributed by atoms with Crippen LogP contribution in [0.4, 0.5) is 5.69 Å². The van der Waals surface area contributed by atoms with Gasteiger partial charge >= 0.3 is 0 Å². The van der Waals surface area contributed by atoms with Gasteiger partial charge in [-0.1, -0.05) is 11.6 Å². The number of amidine groups is 1. The molecular formula is C12H16ClN3O. The maximum absolute atomic E-state index is 7.58. The summed E-state index contributed by atoms with van der Waals surface area (Å²) in [7, 11) is 1.72. The summed E-state index contributed by atoms with van der Waals surface area (Å²) in [6, 6.07) is 5.40. The van der Waals surface area contributed by atoms with Crippen LogP contribution in [-0.2, 0) is 4.74 Å². The zero-order chi connectivity index (χ0) is 12.4. The van der Waals surface area contributed by atoms with E-state index in [1.165, 1.54) is 0 Å². The van der Waals surface area contributed by atoms with Crippen LogP contribution in [0.1, 0.15) is 12.0 Å². The van der Waals surface area contributed by atoms with Crippen LogP contribution in [0.25, 0.3) is 0 Å². The Labute approximate surface area is 106 Å². The third kappa shape index (κ3) is 2.53. The molecule has 0 aromatic heterocycles. The van der Waals surface area contributed by atoms with Crippen LogP contribution >= 0.6 is 11.6 Å². The lowest BCUT2D eigenvalue weighted by molar-refractivity contribution is 0.121. The molecule has 92 valence electrons. The molecule has 1 atom stereocenters. The largest absolute Gasteiger partial charge is 0.384 e. The van der Waals surface area contributed by atoms with Gasteiger partial charge in [0.05, 0.1) is 6.10 Å². The van der Waals surface area contributed by atoms with Gasteiger partial charge in [-0.15, -0.1) is 0 Å². The quantitative estimate of drug-likeness (QED) is 0.638. The number of hydrogen-bond acceptors (Lipinski definition) is 3. The summed E-state index contributed by atoms with van der Waals surface area (Å²) in [5.41, 5.74) is 7.23. The van der Waals surface area contributed by atoms with Crippen LogP contribution < -0.4 is 10.6 Å². The van der Waals surface area contributed by atoms with Crippen molar-refractivity contribution in [2.45, 2.75) is 12.5 Å². The monoisotopic (exact) mass is 253 g/mol. The molecule has 1 heterocycles. The summed E-state index contributed by atoms with van der Waals surface area (Å²) in [4.78, 5) is 2.16. The fraction of sp³-hybridized carbons (Fsp3) is 0.417. The molecule has 1 aromatic rings. The van der Waals surface area contributed by atoms with E-state index in [9.17, 15) is 0 Å². The number of nitrogens with two attached hydrogens (primary N) is 1. The molecule has 0 amide bonds. The molecule has 4 nitrogen and oxygen atoms in total. The number of nitrogens with one attached hydrogen (secondary N) is 1. The molecule has 17 heavy (non-hydrogen) atoms. The number of methoxy groups -OCH3 is 1. The van der Waals surface area contributed by atoms with E-state index < -0.39 is 0 Å². The van der Waals surface area contributed by atoms with Gasteiger partial charge in [0.2, 0.25) is 0 Å². The van der Waals surface area contributed by atoms with Gasteiger partial charge in [0, 0.05) is 36.5 Å². The van der Waals surface area contributed by atoms with Gasteiger partial charge in [0.25, 0.3) is 0 Å². The molecule has 1 unspecified atom stereocenters. The van der Waals surface area contributed by atoms with Crippen LogP contribution in [0.5, 0.6) is 0 Å². The van der Waals surface area contributed by atoms with Crippen molar-refractivity contribution in [1.82, 2.24) is 0 Å². The molecule has 1 aliphatic heterocycles. The zero-order valence-corrected chi connectivity index (χ0v) is 10.5. The maximum Gasteiger partial charge on any atom is 0.124 e. The summed E-state index contributed by atoms with van der Waals surface area (Å²) >= 11 is 6.00. The minimum absolute atomic E-state index is 0.0672. The minimum atomic E-state index is 0.0672. The van der Waals surface area contributed by atoms with Crippen LogP contribution in [0, 0.1) is 5.41 Å². The lowest BCUT2D eigenvalue weighted by Gasteiger charge is -2.21. The van der Waals surface area contributed by atoms with E-state index in [-0.39, 0.29) is 11.9 Å². The SMILES string of the molecule is COC1CCN(c2cc(Cl)ccc2C(=N)N)C1. The Bertz CT molecular complexity index is 436. The highest BCUT2D eigenvalue weighted by atomic mass is 35.5. The Morgan fingerprint density at radius 3 is 2.94 bits per heavy atom. The maximum atomic E-state index is 7.58. The van der Waals surface area contributed by atoms with Crippen molar-refractivity contribution in [1.29, 1.82) is 5.41 Å². The summed E-state index contributed by atoms with van der Waals surface area (Å²) in [5, 5.41) is 8.24. The molecule has 3 N–H and O–H groups in total. The van der Waals surface area contributed by atoms with Crippen LogP contribution in [0.15, 0.2) is 18.2 Å². The predicted octanol–water partition coefficient (Wildman–Crippen LogP) is 1.85. The molecule has 0 radical (unpaired) electrons. The standard InChI is InChI=1S/C12H16ClN3O/c1-17-9-4-5-16(7-9)11-6-8(13)2-3-10(11)12(14)15/h2-3,6,9H,4-5,7H2,1H3,(H3,14,15). The number of nitrogen functional groups attached to an aromatic ring is 1. The van der Waals surface area contributed by atoms with E-state index in [2.05, 4.69) is 4.90 Å². The Hall–Kier alpha value is -1.26. The molecule has 2 rings (SSSR count).